The normalized spacial score (nSPS) is 17.1. The average molecular weight is 431 g/mol. The zero-order valence-corrected chi connectivity index (χ0v) is 17.4. The Bertz CT molecular complexity index is 1100. The lowest BCUT2D eigenvalue weighted by molar-refractivity contribution is -0.131. The predicted molar refractivity (Wildman–Crippen MR) is 113 cm³/mol. The lowest BCUT2D eigenvalue weighted by atomic mass is 9.92. The maximum Gasteiger partial charge on any atom is 0.263 e. The number of nitrogens with zero attached hydrogens (tertiary/aromatic N) is 4. The Balaban J connectivity index is 1.47. The van der Waals surface area contributed by atoms with Crippen LogP contribution in [-0.2, 0) is 11.8 Å². The van der Waals surface area contributed by atoms with Crippen molar-refractivity contribution in [3.05, 3.63) is 42.9 Å². The third-order valence-corrected chi connectivity index (χ3v) is 5.56. The fourth-order valence-electron chi connectivity index (χ4n) is 3.87. The Kier molecular flexibility index (Phi) is 5.47. The highest BCUT2D eigenvalue weighted by Gasteiger charge is 2.43. The number of fused-ring (bicyclic) bond motifs is 1. The van der Waals surface area contributed by atoms with Gasteiger partial charge in [0.05, 0.1) is 12.7 Å². The monoisotopic (exact) mass is 431 g/mol. The maximum atomic E-state index is 15.2. The van der Waals surface area contributed by atoms with Crippen molar-refractivity contribution in [3.63, 3.8) is 0 Å². The van der Waals surface area contributed by atoms with Gasteiger partial charge in [-0.1, -0.05) is 12.1 Å². The molecule has 1 aliphatic rings. The summed E-state index contributed by atoms with van der Waals surface area (Å²) >= 11 is 0. The van der Waals surface area contributed by atoms with Crippen LogP contribution in [0, 0.1) is 0 Å². The van der Waals surface area contributed by atoms with Crippen LogP contribution in [0.25, 0.3) is 21.9 Å². The van der Waals surface area contributed by atoms with Crippen molar-refractivity contribution in [2.75, 3.05) is 25.0 Å². The predicted octanol–water partition coefficient (Wildman–Crippen LogP) is 4.03. The van der Waals surface area contributed by atoms with Crippen molar-refractivity contribution >= 4 is 22.5 Å². The first kappa shape index (κ1) is 21.3. The van der Waals surface area contributed by atoms with Gasteiger partial charge >= 0.3 is 0 Å². The highest BCUT2D eigenvalue weighted by molar-refractivity contribution is 5.98. The summed E-state index contributed by atoms with van der Waals surface area (Å²) in [5, 5.41) is 8.47. The first-order valence-corrected chi connectivity index (χ1v) is 10.1. The molecule has 3 aromatic rings. The van der Waals surface area contributed by atoms with Crippen LogP contribution >= 0.6 is 0 Å². The molecule has 31 heavy (non-hydrogen) atoms. The summed E-state index contributed by atoms with van der Waals surface area (Å²) in [5.41, 5.74) is -0.182. The van der Waals surface area contributed by atoms with Crippen molar-refractivity contribution in [3.8, 4) is 11.1 Å². The number of rotatable bonds is 5. The number of likely N-dealkylation sites (tertiary alicyclic amines) is 1. The van der Waals surface area contributed by atoms with E-state index in [9.17, 15) is 13.6 Å². The van der Waals surface area contributed by atoms with Crippen LogP contribution in [0.4, 0.5) is 19.0 Å². The van der Waals surface area contributed by atoms with Crippen LogP contribution in [0.5, 0.6) is 0 Å². The maximum absolute atomic E-state index is 15.2. The molecule has 164 valence electrons. The number of aryl methyl sites for hydroxylation is 1. The van der Waals surface area contributed by atoms with Crippen LogP contribution in [0.3, 0.4) is 0 Å². The Morgan fingerprint density at radius 1 is 1.16 bits per heavy atom. The number of alkyl halides is 3. The van der Waals surface area contributed by atoms with Crippen molar-refractivity contribution in [1.29, 1.82) is 0 Å². The Morgan fingerprint density at radius 3 is 2.55 bits per heavy atom. The lowest BCUT2D eigenvalue weighted by Gasteiger charge is -2.36. The van der Waals surface area contributed by atoms with E-state index in [-0.39, 0.29) is 31.7 Å². The quantitative estimate of drug-likeness (QED) is 0.663. The molecule has 0 bridgehead atoms. The number of piperidine rings is 1. The highest BCUT2D eigenvalue weighted by Crippen LogP contribution is 2.30. The zero-order valence-electron chi connectivity index (χ0n) is 17.4. The van der Waals surface area contributed by atoms with E-state index in [1.54, 1.807) is 23.1 Å². The van der Waals surface area contributed by atoms with E-state index in [0.29, 0.717) is 0 Å². The molecule has 0 spiro atoms. The molecule has 0 saturated carbocycles. The molecule has 0 radical (unpaired) electrons. The van der Waals surface area contributed by atoms with E-state index in [2.05, 4.69) is 15.4 Å². The molecule has 1 amide bonds. The van der Waals surface area contributed by atoms with Gasteiger partial charge in [-0.25, -0.2) is 18.2 Å². The average Bonchev–Trinajstić information content (AvgIpc) is 3.14. The number of hydrogen-bond donors (Lipinski definition) is 1. The Labute approximate surface area is 178 Å². The van der Waals surface area contributed by atoms with Gasteiger partial charge in [0.1, 0.15) is 5.82 Å². The van der Waals surface area contributed by atoms with Gasteiger partial charge in [0.2, 0.25) is 0 Å². The molecule has 1 aliphatic heterocycles. The van der Waals surface area contributed by atoms with E-state index in [1.807, 2.05) is 31.4 Å². The minimum Gasteiger partial charge on any atom is -0.308 e. The number of halogens is 3. The molecular weight excluding hydrogens is 407 g/mol. The Morgan fingerprint density at radius 2 is 1.90 bits per heavy atom. The van der Waals surface area contributed by atoms with Crippen molar-refractivity contribution in [2.24, 2.45) is 7.05 Å². The fourth-order valence-corrected chi connectivity index (χ4v) is 3.87. The third kappa shape index (κ3) is 4.87. The minimum absolute atomic E-state index is 0.104. The molecule has 1 fully saturated rings. The van der Waals surface area contributed by atoms with Gasteiger partial charge in [-0.2, -0.15) is 5.10 Å². The number of benzene rings is 1. The number of pyridine rings is 1. The van der Waals surface area contributed by atoms with Crippen molar-refractivity contribution in [1.82, 2.24) is 19.7 Å². The highest BCUT2D eigenvalue weighted by atomic mass is 19.3. The summed E-state index contributed by atoms with van der Waals surface area (Å²) < 4.78 is 43.3. The number of carbonyl (C=O) groups is 1. The second-order valence-corrected chi connectivity index (χ2v) is 8.30. The van der Waals surface area contributed by atoms with E-state index in [1.165, 1.54) is 4.90 Å². The second kappa shape index (κ2) is 7.96. The number of carbonyl (C=O) groups excluding carboxylic acids is 1. The van der Waals surface area contributed by atoms with Gasteiger partial charge < -0.3 is 5.32 Å². The molecule has 1 N–H and O–H groups in total. The molecule has 0 unspecified atom stereocenters. The summed E-state index contributed by atoms with van der Waals surface area (Å²) in [4.78, 5) is 18.3. The van der Waals surface area contributed by atoms with Crippen LogP contribution in [0.2, 0.25) is 0 Å². The smallest absolute Gasteiger partial charge is 0.263 e. The molecule has 0 aliphatic carbocycles. The van der Waals surface area contributed by atoms with Crippen LogP contribution in [-0.4, -0.2) is 56.8 Å². The molecule has 1 aromatic carbocycles. The van der Waals surface area contributed by atoms with Gasteiger partial charge in [-0.3, -0.25) is 14.4 Å². The molecule has 4 rings (SSSR count). The summed E-state index contributed by atoms with van der Waals surface area (Å²) in [6.07, 6.45) is 5.02. The molecular formula is C22H24F3N5O. The fraction of sp³-hybridized carbons (Fsp3) is 0.409. The summed E-state index contributed by atoms with van der Waals surface area (Å²) in [6.45, 7) is 0.609. The molecule has 0 atom stereocenters. The molecule has 9 heteroatoms. The lowest BCUT2D eigenvalue weighted by Crippen LogP contribution is -2.50. The van der Waals surface area contributed by atoms with Crippen LogP contribution in [0.15, 0.2) is 42.9 Å². The third-order valence-electron chi connectivity index (χ3n) is 5.56. The molecule has 3 heterocycles. The molecule has 1 saturated heterocycles. The van der Waals surface area contributed by atoms with E-state index in [0.717, 1.165) is 28.8 Å². The molecule has 6 nitrogen and oxygen atoms in total. The zero-order chi connectivity index (χ0) is 22.2. The van der Waals surface area contributed by atoms with Crippen molar-refractivity contribution in [2.45, 2.75) is 31.4 Å². The first-order chi connectivity index (χ1) is 14.6. The number of nitrogens with one attached hydrogen (secondary N) is 1. The van der Waals surface area contributed by atoms with E-state index in [4.69, 9.17) is 0 Å². The van der Waals surface area contributed by atoms with Gasteiger partial charge in [0.15, 0.2) is 5.67 Å². The summed E-state index contributed by atoms with van der Waals surface area (Å²) in [7, 11) is 1.84. The van der Waals surface area contributed by atoms with Crippen molar-refractivity contribution < 1.29 is 18.0 Å². The number of anilines is 1. The number of hydrogen-bond acceptors (Lipinski definition) is 4. The largest absolute Gasteiger partial charge is 0.308 e. The molecule has 2 aromatic heterocycles. The van der Waals surface area contributed by atoms with Gasteiger partial charge in [-0.05, 0) is 23.1 Å². The Hall–Kier alpha value is -2.94. The van der Waals surface area contributed by atoms with Gasteiger partial charge in [0.25, 0.3) is 11.8 Å². The van der Waals surface area contributed by atoms with Crippen LogP contribution < -0.4 is 5.32 Å². The summed E-state index contributed by atoms with van der Waals surface area (Å²) in [6, 6.07) is 7.54. The number of aromatic nitrogens is 3. The van der Waals surface area contributed by atoms with Gasteiger partial charge in [-0.15, -0.1) is 0 Å². The van der Waals surface area contributed by atoms with E-state index >= 15 is 4.39 Å². The topological polar surface area (TPSA) is 63.1 Å². The second-order valence-electron chi connectivity index (χ2n) is 8.30. The SMILES string of the molecule is Cn1cc(-c2ccc3cnc(NC(=O)C4(F)CCN(CC(C)(F)F)CC4)cc3c2)cn1. The summed E-state index contributed by atoms with van der Waals surface area (Å²) in [5.74, 6) is -3.38. The standard InChI is InChI=1S/C22H24F3N5O/c1-21(23,24)14-30-7-5-22(25,6-8-30)20(31)28-19-10-17-9-15(3-4-16(17)11-26-19)18-12-27-29(2)13-18/h3-4,9-13H,5-8,14H2,1-2H3,(H,26,28,31). The van der Waals surface area contributed by atoms with E-state index < -0.39 is 24.0 Å². The number of amides is 1. The van der Waals surface area contributed by atoms with Gasteiger partial charge in [0, 0.05) is 63.2 Å². The minimum atomic E-state index is -2.84. The van der Waals surface area contributed by atoms with Crippen LogP contribution in [0.1, 0.15) is 19.8 Å². The first-order valence-electron chi connectivity index (χ1n) is 10.1.